The van der Waals surface area contributed by atoms with Crippen molar-refractivity contribution in [1.29, 1.82) is 0 Å². The predicted molar refractivity (Wildman–Crippen MR) is 95.7 cm³/mol. The van der Waals surface area contributed by atoms with Crippen molar-refractivity contribution >= 4 is 23.8 Å². The van der Waals surface area contributed by atoms with E-state index in [1.54, 1.807) is 30.8 Å². The molecule has 1 atom stereocenters. The number of nitrogens with one attached hydrogen (secondary N) is 2. The number of carbonyl (C=O) groups is 2. The van der Waals surface area contributed by atoms with Crippen LogP contribution in [0.1, 0.15) is 25.5 Å². The van der Waals surface area contributed by atoms with Crippen LogP contribution in [0.25, 0.3) is 0 Å². The highest BCUT2D eigenvalue weighted by molar-refractivity contribution is 7.99. The fourth-order valence-corrected chi connectivity index (χ4v) is 2.99. The molecule has 25 heavy (non-hydrogen) atoms. The first-order chi connectivity index (χ1) is 12.0. The average molecular weight is 366 g/mol. The topological polar surface area (TPSA) is 96.9 Å². The van der Waals surface area contributed by atoms with E-state index < -0.39 is 18.0 Å². The number of methoxy groups -OCH3 is 1. The van der Waals surface area contributed by atoms with Gasteiger partial charge in [-0.2, -0.15) is 11.8 Å². The van der Waals surface area contributed by atoms with Gasteiger partial charge in [-0.05, 0) is 30.4 Å². The minimum Gasteiger partial charge on any atom is -0.504 e. The first-order valence-corrected chi connectivity index (χ1v) is 9.03. The lowest BCUT2D eigenvalue weighted by molar-refractivity contribution is -0.138. The number of ether oxygens (including phenoxy) is 2. The van der Waals surface area contributed by atoms with Crippen molar-refractivity contribution < 1.29 is 24.2 Å². The van der Waals surface area contributed by atoms with Crippen LogP contribution in [-0.2, 0) is 9.53 Å². The molecule has 2 rings (SSSR count). The van der Waals surface area contributed by atoms with Gasteiger partial charge < -0.3 is 25.2 Å². The Bertz CT molecular complexity index is 690. The smallest absolute Gasteiger partial charge is 0.338 e. The molecule has 0 saturated carbocycles. The van der Waals surface area contributed by atoms with E-state index in [0.29, 0.717) is 29.2 Å². The molecule has 1 aromatic rings. The maximum Gasteiger partial charge on any atom is 0.338 e. The lowest BCUT2D eigenvalue weighted by Gasteiger charge is -2.28. The number of carbonyl (C=O) groups excluding carboxylic acids is 2. The summed E-state index contributed by atoms with van der Waals surface area (Å²) >= 11 is 1.68. The zero-order valence-electron chi connectivity index (χ0n) is 14.4. The summed E-state index contributed by atoms with van der Waals surface area (Å²) in [6.45, 7) is 3.99. The molecule has 1 heterocycles. The number of hydrogen-bond acceptors (Lipinski definition) is 6. The van der Waals surface area contributed by atoms with Gasteiger partial charge >= 0.3 is 12.0 Å². The van der Waals surface area contributed by atoms with Gasteiger partial charge in [-0.15, -0.1) is 0 Å². The van der Waals surface area contributed by atoms with E-state index in [2.05, 4.69) is 10.6 Å². The molecular weight excluding hydrogens is 344 g/mol. The van der Waals surface area contributed by atoms with E-state index in [1.165, 1.54) is 13.2 Å². The number of thioether (sulfide) groups is 1. The highest BCUT2D eigenvalue weighted by Gasteiger charge is 2.32. The second-order valence-electron chi connectivity index (χ2n) is 5.33. The Morgan fingerprint density at radius 3 is 2.84 bits per heavy atom. The summed E-state index contributed by atoms with van der Waals surface area (Å²) < 4.78 is 10.4. The largest absolute Gasteiger partial charge is 0.504 e. The molecule has 1 unspecified atom stereocenters. The van der Waals surface area contributed by atoms with Crippen LogP contribution < -0.4 is 15.4 Å². The number of phenols is 1. The maximum absolute atomic E-state index is 12.5. The monoisotopic (exact) mass is 366 g/mol. The lowest BCUT2D eigenvalue weighted by atomic mass is 9.95. The predicted octanol–water partition coefficient (Wildman–Crippen LogP) is 2.33. The number of aromatic hydroxyl groups is 1. The summed E-state index contributed by atoms with van der Waals surface area (Å²) in [5, 5.41) is 15.1. The van der Waals surface area contributed by atoms with Crippen LogP contribution in [0.2, 0.25) is 0 Å². The molecule has 3 N–H and O–H groups in total. The molecule has 0 spiro atoms. The number of esters is 1. The van der Waals surface area contributed by atoms with Crippen molar-refractivity contribution in [3.05, 3.63) is 35.0 Å². The molecule has 1 aliphatic heterocycles. The minimum absolute atomic E-state index is 0.0204. The molecular formula is C17H22N2O5S. The molecule has 7 nitrogen and oxygen atoms in total. The summed E-state index contributed by atoms with van der Waals surface area (Å²) in [6, 6.07) is 3.57. The van der Waals surface area contributed by atoms with Gasteiger partial charge in [0.1, 0.15) is 6.61 Å². The van der Waals surface area contributed by atoms with Crippen molar-refractivity contribution in [2.75, 3.05) is 25.2 Å². The van der Waals surface area contributed by atoms with Crippen molar-refractivity contribution in [1.82, 2.24) is 10.6 Å². The SMILES string of the molecule is CCSCCOC(=O)C1=C(C)NC(=O)NC1c1ccc(O)c(OC)c1. The second-order valence-corrected chi connectivity index (χ2v) is 6.73. The summed E-state index contributed by atoms with van der Waals surface area (Å²) in [5.74, 6) is 1.42. The molecule has 0 fully saturated rings. The van der Waals surface area contributed by atoms with Crippen molar-refractivity contribution in [3.8, 4) is 11.5 Å². The van der Waals surface area contributed by atoms with E-state index in [1.807, 2.05) is 6.92 Å². The first kappa shape index (κ1) is 19.0. The highest BCUT2D eigenvalue weighted by Crippen LogP contribution is 2.33. The number of allylic oxidation sites excluding steroid dienone is 1. The van der Waals surface area contributed by atoms with Crippen LogP contribution in [0, 0.1) is 0 Å². The summed E-state index contributed by atoms with van der Waals surface area (Å²) in [5.41, 5.74) is 1.38. The van der Waals surface area contributed by atoms with Crippen LogP contribution in [0.3, 0.4) is 0 Å². The third-order valence-electron chi connectivity index (χ3n) is 3.69. The van der Waals surface area contributed by atoms with Gasteiger partial charge in [0.25, 0.3) is 0 Å². The van der Waals surface area contributed by atoms with E-state index in [9.17, 15) is 14.7 Å². The van der Waals surface area contributed by atoms with Crippen LogP contribution in [0.4, 0.5) is 4.79 Å². The fourth-order valence-electron chi connectivity index (χ4n) is 2.50. The Hall–Kier alpha value is -2.35. The molecule has 0 bridgehead atoms. The van der Waals surface area contributed by atoms with Crippen LogP contribution in [0.5, 0.6) is 11.5 Å². The van der Waals surface area contributed by atoms with Gasteiger partial charge in [0, 0.05) is 11.4 Å². The Morgan fingerprint density at radius 1 is 1.40 bits per heavy atom. The number of amides is 2. The lowest BCUT2D eigenvalue weighted by Crippen LogP contribution is -2.45. The third kappa shape index (κ3) is 4.60. The van der Waals surface area contributed by atoms with E-state index in [4.69, 9.17) is 9.47 Å². The number of urea groups is 1. The molecule has 0 aliphatic carbocycles. The van der Waals surface area contributed by atoms with E-state index in [0.717, 1.165) is 5.75 Å². The van der Waals surface area contributed by atoms with Gasteiger partial charge in [0.15, 0.2) is 11.5 Å². The second kappa shape index (κ2) is 8.66. The average Bonchev–Trinajstić information content (AvgIpc) is 2.58. The number of benzene rings is 1. The molecule has 8 heteroatoms. The quantitative estimate of drug-likeness (QED) is 0.506. The van der Waals surface area contributed by atoms with Crippen molar-refractivity contribution in [3.63, 3.8) is 0 Å². The molecule has 0 saturated heterocycles. The fraction of sp³-hybridized carbons (Fsp3) is 0.412. The summed E-state index contributed by atoms with van der Waals surface area (Å²) in [6.07, 6.45) is 0. The number of rotatable bonds is 7. The Morgan fingerprint density at radius 2 is 2.16 bits per heavy atom. The Balaban J connectivity index is 2.28. The Labute approximate surface area is 150 Å². The molecule has 0 aromatic heterocycles. The number of hydrogen-bond donors (Lipinski definition) is 3. The zero-order valence-corrected chi connectivity index (χ0v) is 15.2. The van der Waals surface area contributed by atoms with E-state index in [-0.39, 0.29) is 11.5 Å². The van der Waals surface area contributed by atoms with Crippen LogP contribution in [0.15, 0.2) is 29.5 Å². The molecule has 136 valence electrons. The van der Waals surface area contributed by atoms with Crippen LogP contribution in [-0.4, -0.2) is 42.3 Å². The maximum atomic E-state index is 12.5. The van der Waals surface area contributed by atoms with E-state index >= 15 is 0 Å². The van der Waals surface area contributed by atoms with Gasteiger partial charge in [-0.3, -0.25) is 0 Å². The van der Waals surface area contributed by atoms with Gasteiger partial charge in [0.2, 0.25) is 0 Å². The zero-order chi connectivity index (χ0) is 18.4. The van der Waals surface area contributed by atoms with Gasteiger partial charge in [0.05, 0.1) is 18.7 Å². The molecule has 1 aliphatic rings. The molecule has 0 radical (unpaired) electrons. The summed E-state index contributed by atoms with van der Waals surface area (Å²) in [4.78, 5) is 24.4. The Kier molecular flexibility index (Phi) is 6.58. The van der Waals surface area contributed by atoms with Gasteiger partial charge in [-0.25, -0.2) is 9.59 Å². The highest BCUT2D eigenvalue weighted by atomic mass is 32.2. The normalized spacial score (nSPS) is 16.9. The molecule has 2 amide bonds. The first-order valence-electron chi connectivity index (χ1n) is 7.88. The van der Waals surface area contributed by atoms with Crippen LogP contribution >= 0.6 is 11.8 Å². The van der Waals surface area contributed by atoms with Crippen molar-refractivity contribution in [2.24, 2.45) is 0 Å². The molecule has 1 aromatic carbocycles. The minimum atomic E-state index is -0.686. The number of phenolic OH excluding ortho intramolecular Hbond substituents is 1. The standard InChI is InChI=1S/C17H22N2O5S/c1-4-25-8-7-24-16(21)14-10(2)18-17(22)19-15(14)11-5-6-12(20)13(9-11)23-3/h5-6,9,15,20H,4,7-8H2,1-3H3,(H2,18,19,22). The third-order valence-corrected chi connectivity index (χ3v) is 4.55. The van der Waals surface area contributed by atoms with Crippen molar-refractivity contribution in [2.45, 2.75) is 19.9 Å². The van der Waals surface area contributed by atoms with Gasteiger partial charge in [-0.1, -0.05) is 13.0 Å². The summed E-state index contributed by atoms with van der Waals surface area (Å²) in [7, 11) is 1.43.